The van der Waals surface area contributed by atoms with E-state index in [1.165, 1.54) is 12.1 Å². The van der Waals surface area contributed by atoms with Crippen LogP contribution in [0.2, 0.25) is 0 Å². The van der Waals surface area contributed by atoms with Gasteiger partial charge < -0.3 is 20.0 Å². The van der Waals surface area contributed by atoms with Crippen LogP contribution in [-0.4, -0.2) is 49.2 Å². The topological polar surface area (TPSA) is 80.2 Å². The maximum absolute atomic E-state index is 13.1. The van der Waals surface area contributed by atoms with Gasteiger partial charge in [-0.25, -0.2) is 4.39 Å². The normalized spacial score (nSPS) is 22.2. The van der Waals surface area contributed by atoms with E-state index in [2.05, 4.69) is 10.5 Å². The predicted octanol–water partition coefficient (Wildman–Crippen LogP) is 1.61. The number of hydrogen-bond acceptors (Lipinski definition) is 5. The summed E-state index contributed by atoms with van der Waals surface area (Å²) < 4.78 is 18.5. The van der Waals surface area contributed by atoms with E-state index in [1.807, 2.05) is 0 Å². The molecule has 0 radical (unpaired) electrons. The molecule has 1 atom stereocenters. The maximum atomic E-state index is 13.1. The lowest BCUT2D eigenvalue weighted by Gasteiger charge is -2.36. The summed E-state index contributed by atoms with van der Waals surface area (Å²) in [4.78, 5) is 18.2. The number of hydrogen-bond donors (Lipinski definition) is 2. The lowest BCUT2D eigenvalue weighted by molar-refractivity contribution is -0.140. The summed E-state index contributed by atoms with van der Waals surface area (Å²) in [6.07, 6.45) is 2.17. The molecule has 2 heterocycles. The number of benzene rings is 1. The second kappa shape index (κ2) is 7.93. The monoisotopic (exact) mass is 350 g/mol. The smallest absolute Gasteiger partial charge is 0.226 e. The van der Waals surface area contributed by atoms with Crippen LogP contribution in [0.25, 0.3) is 0 Å². The Morgan fingerprint density at radius 1 is 1.32 bits per heavy atom. The fourth-order valence-electron chi connectivity index (χ4n) is 3.43. The maximum Gasteiger partial charge on any atom is 0.226 e. The molecule has 2 N–H and O–H groups in total. The molecule has 2 aliphatic rings. The van der Waals surface area contributed by atoms with Gasteiger partial charge in [0.25, 0.3) is 0 Å². The SMILES string of the molecule is O=C(NCCO)C1(C[C@@H]2CC(c3ccc(F)cc3)=NO2)CCOCC1. The summed E-state index contributed by atoms with van der Waals surface area (Å²) in [5.41, 5.74) is 1.03. The van der Waals surface area contributed by atoms with Crippen LogP contribution in [0.3, 0.4) is 0 Å². The molecule has 0 saturated carbocycles. The van der Waals surface area contributed by atoms with Crippen molar-refractivity contribution in [3.05, 3.63) is 35.6 Å². The van der Waals surface area contributed by atoms with Crippen LogP contribution in [0.4, 0.5) is 4.39 Å². The molecule has 0 unspecified atom stereocenters. The Balaban J connectivity index is 1.65. The molecule has 7 heteroatoms. The first-order valence-corrected chi connectivity index (χ1v) is 8.58. The minimum absolute atomic E-state index is 0.0660. The third-order valence-corrected chi connectivity index (χ3v) is 4.86. The first kappa shape index (κ1) is 17.8. The number of aliphatic hydroxyl groups is 1. The molecule has 2 aliphatic heterocycles. The number of nitrogens with one attached hydrogen (secondary N) is 1. The molecule has 1 aromatic rings. The van der Waals surface area contributed by atoms with Gasteiger partial charge in [0.1, 0.15) is 11.9 Å². The van der Waals surface area contributed by atoms with Crippen LogP contribution in [0, 0.1) is 11.2 Å². The first-order chi connectivity index (χ1) is 12.1. The molecular formula is C18H23FN2O4. The average molecular weight is 350 g/mol. The van der Waals surface area contributed by atoms with Gasteiger partial charge in [-0.05, 0) is 30.5 Å². The molecule has 1 aromatic carbocycles. The number of oxime groups is 1. The third kappa shape index (κ3) is 4.16. The molecule has 3 rings (SSSR count). The number of aliphatic hydroxyl groups excluding tert-OH is 1. The molecule has 0 spiro atoms. The van der Waals surface area contributed by atoms with Crippen LogP contribution in [0.15, 0.2) is 29.4 Å². The van der Waals surface area contributed by atoms with Gasteiger partial charge in [0.05, 0.1) is 17.7 Å². The lowest BCUT2D eigenvalue weighted by atomic mass is 9.74. The Bertz CT molecular complexity index is 626. The van der Waals surface area contributed by atoms with Crippen molar-refractivity contribution in [1.29, 1.82) is 0 Å². The van der Waals surface area contributed by atoms with Crippen LogP contribution in [0.1, 0.15) is 31.2 Å². The van der Waals surface area contributed by atoms with Crippen molar-refractivity contribution in [3.63, 3.8) is 0 Å². The molecule has 1 saturated heterocycles. The minimum Gasteiger partial charge on any atom is -0.395 e. The molecule has 0 bridgehead atoms. The molecule has 1 fully saturated rings. The zero-order valence-corrected chi connectivity index (χ0v) is 14.0. The van der Waals surface area contributed by atoms with Crippen molar-refractivity contribution < 1.29 is 23.9 Å². The van der Waals surface area contributed by atoms with Crippen LogP contribution >= 0.6 is 0 Å². The van der Waals surface area contributed by atoms with E-state index < -0.39 is 5.41 Å². The summed E-state index contributed by atoms with van der Waals surface area (Å²) in [5, 5.41) is 15.9. The summed E-state index contributed by atoms with van der Waals surface area (Å²) >= 11 is 0. The molecule has 25 heavy (non-hydrogen) atoms. The molecule has 0 aliphatic carbocycles. The first-order valence-electron chi connectivity index (χ1n) is 8.58. The summed E-state index contributed by atoms with van der Waals surface area (Å²) in [5.74, 6) is -0.356. The van der Waals surface area contributed by atoms with Gasteiger partial charge >= 0.3 is 0 Å². The number of rotatable bonds is 6. The summed E-state index contributed by atoms with van der Waals surface area (Å²) in [7, 11) is 0. The van der Waals surface area contributed by atoms with Crippen LogP contribution < -0.4 is 5.32 Å². The largest absolute Gasteiger partial charge is 0.395 e. The summed E-state index contributed by atoms with van der Waals surface area (Å²) in [6, 6.07) is 6.15. The van der Waals surface area contributed by atoms with Crippen molar-refractivity contribution >= 4 is 11.6 Å². The number of carbonyl (C=O) groups is 1. The van der Waals surface area contributed by atoms with E-state index in [-0.39, 0.29) is 31.0 Å². The highest BCUT2D eigenvalue weighted by molar-refractivity contribution is 6.01. The van der Waals surface area contributed by atoms with Gasteiger partial charge in [0.15, 0.2) is 0 Å². The van der Waals surface area contributed by atoms with Gasteiger partial charge in [-0.1, -0.05) is 17.3 Å². The number of amides is 1. The van der Waals surface area contributed by atoms with Gasteiger partial charge in [-0.15, -0.1) is 0 Å². The number of carbonyl (C=O) groups excluding carboxylic acids is 1. The third-order valence-electron chi connectivity index (χ3n) is 4.86. The fraction of sp³-hybridized carbons (Fsp3) is 0.556. The van der Waals surface area contributed by atoms with E-state index in [0.29, 0.717) is 38.9 Å². The number of ether oxygens (including phenoxy) is 1. The standard InChI is InChI=1S/C18H23FN2O4/c19-14-3-1-13(2-4-14)16-11-15(25-21-16)12-18(5-9-24-10-6-18)17(23)20-7-8-22/h1-4,15,22H,5-12H2,(H,20,23)/t15-/m0/s1. The van der Waals surface area contributed by atoms with E-state index in [1.54, 1.807) is 12.1 Å². The Labute approximate surface area is 146 Å². The van der Waals surface area contributed by atoms with Crippen molar-refractivity contribution in [1.82, 2.24) is 5.32 Å². The highest BCUT2D eigenvalue weighted by atomic mass is 19.1. The molecule has 136 valence electrons. The van der Waals surface area contributed by atoms with Crippen molar-refractivity contribution in [2.24, 2.45) is 10.6 Å². The van der Waals surface area contributed by atoms with E-state index in [9.17, 15) is 9.18 Å². The van der Waals surface area contributed by atoms with Crippen LogP contribution in [0.5, 0.6) is 0 Å². The lowest BCUT2D eigenvalue weighted by Crippen LogP contribution is -2.47. The van der Waals surface area contributed by atoms with E-state index in [0.717, 1.165) is 11.3 Å². The molecule has 6 nitrogen and oxygen atoms in total. The zero-order chi connectivity index (χ0) is 17.7. The highest BCUT2D eigenvalue weighted by Crippen LogP contribution is 2.38. The second-order valence-corrected chi connectivity index (χ2v) is 6.55. The van der Waals surface area contributed by atoms with Crippen LogP contribution in [-0.2, 0) is 14.4 Å². The van der Waals surface area contributed by atoms with Crippen molar-refractivity contribution in [3.8, 4) is 0 Å². The predicted molar refractivity (Wildman–Crippen MR) is 89.6 cm³/mol. The average Bonchev–Trinajstić information content (AvgIpc) is 3.09. The second-order valence-electron chi connectivity index (χ2n) is 6.55. The van der Waals surface area contributed by atoms with E-state index in [4.69, 9.17) is 14.7 Å². The zero-order valence-electron chi connectivity index (χ0n) is 14.0. The Morgan fingerprint density at radius 2 is 2.04 bits per heavy atom. The quantitative estimate of drug-likeness (QED) is 0.817. The number of nitrogens with zero attached hydrogens (tertiary/aromatic N) is 1. The number of halogens is 1. The Morgan fingerprint density at radius 3 is 2.72 bits per heavy atom. The highest BCUT2D eigenvalue weighted by Gasteiger charge is 2.43. The van der Waals surface area contributed by atoms with Gasteiger partial charge in [0, 0.05) is 32.6 Å². The van der Waals surface area contributed by atoms with E-state index >= 15 is 0 Å². The Hall–Kier alpha value is -1.99. The van der Waals surface area contributed by atoms with Gasteiger partial charge in [-0.3, -0.25) is 4.79 Å². The minimum atomic E-state index is -0.564. The Kier molecular flexibility index (Phi) is 5.65. The molecular weight excluding hydrogens is 327 g/mol. The summed E-state index contributed by atoms with van der Waals surface area (Å²) in [6.45, 7) is 1.22. The molecule has 1 amide bonds. The van der Waals surface area contributed by atoms with Gasteiger partial charge in [0.2, 0.25) is 5.91 Å². The van der Waals surface area contributed by atoms with Crippen molar-refractivity contribution in [2.45, 2.75) is 31.8 Å². The van der Waals surface area contributed by atoms with Crippen molar-refractivity contribution in [2.75, 3.05) is 26.4 Å². The fourth-order valence-corrected chi connectivity index (χ4v) is 3.43. The molecule has 0 aromatic heterocycles. The van der Waals surface area contributed by atoms with Gasteiger partial charge in [-0.2, -0.15) is 0 Å².